The number of nitrogens with zero attached hydrogens (tertiary/aromatic N) is 1. The maximum atomic E-state index is 12.6. The standard InChI is InChI=1S/C19H30N2O12/c1-13(22)28-10-31-17(25)8-21(9-18(26)32-11-29-14(2)23)16(6-4-5-7-20)19(27)33-12-30-15(3)24/h16H,4-12,20H2,1-3H3. The van der Waals surface area contributed by atoms with Crippen molar-refractivity contribution in [3.63, 3.8) is 0 Å². The first-order chi connectivity index (χ1) is 15.6. The van der Waals surface area contributed by atoms with Gasteiger partial charge in [0.1, 0.15) is 6.04 Å². The maximum absolute atomic E-state index is 12.6. The molecule has 14 nitrogen and oxygen atoms in total. The number of hydrogen-bond donors (Lipinski definition) is 1. The second-order valence-electron chi connectivity index (χ2n) is 6.46. The fourth-order valence-corrected chi connectivity index (χ4v) is 2.25. The van der Waals surface area contributed by atoms with Crippen molar-refractivity contribution in [2.45, 2.75) is 46.1 Å². The number of rotatable bonds is 16. The van der Waals surface area contributed by atoms with Crippen LogP contribution in [0.15, 0.2) is 0 Å². The van der Waals surface area contributed by atoms with E-state index in [2.05, 4.69) is 14.2 Å². The van der Waals surface area contributed by atoms with Gasteiger partial charge in [-0.1, -0.05) is 6.42 Å². The molecule has 188 valence electrons. The van der Waals surface area contributed by atoms with Crippen LogP contribution in [0, 0.1) is 0 Å². The van der Waals surface area contributed by atoms with Gasteiger partial charge in [0.15, 0.2) is 0 Å². The lowest BCUT2D eigenvalue weighted by Gasteiger charge is -2.28. The van der Waals surface area contributed by atoms with Crippen molar-refractivity contribution in [2.75, 3.05) is 40.0 Å². The molecule has 0 aromatic heterocycles. The fourth-order valence-electron chi connectivity index (χ4n) is 2.25. The highest BCUT2D eigenvalue weighted by Gasteiger charge is 2.31. The summed E-state index contributed by atoms with van der Waals surface area (Å²) in [6, 6.07) is -1.14. The molecule has 1 unspecified atom stereocenters. The third-order valence-electron chi connectivity index (χ3n) is 3.74. The van der Waals surface area contributed by atoms with Crippen LogP contribution in [0.1, 0.15) is 40.0 Å². The van der Waals surface area contributed by atoms with E-state index in [1.807, 2.05) is 0 Å². The van der Waals surface area contributed by atoms with Gasteiger partial charge >= 0.3 is 35.8 Å². The van der Waals surface area contributed by atoms with Crippen molar-refractivity contribution < 1.29 is 57.2 Å². The Morgan fingerprint density at radius 3 is 1.48 bits per heavy atom. The zero-order chi connectivity index (χ0) is 25.2. The summed E-state index contributed by atoms with van der Waals surface area (Å²) in [6.07, 6.45) is 1.10. The topological polar surface area (TPSA) is 187 Å². The summed E-state index contributed by atoms with van der Waals surface area (Å²) in [5.74, 6) is -4.75. The quantitative estimate of drug-likeness (QED) is 0.123. The summed E-state index contributed by atoms with van der Waals surface area (Å²) in [7, 11) is 0. The molecule has 0 fully saturated rings. The Balaban J connectivity index is 5.38. The molecule has 0 heterocycles. The van der Waals surface area contributed by atoms with Crippen molar-refractivity contribution >= 4 is 35.8 Å². The molecule has 2 N–H and O–H groups in total. The zero-order valence-corrected chi connectivity index (χ0v) is 18.9. The Morgan fingerprint density at radius 2 is 1.09 bits per heavy atom. The van der Waals surface area contributed by atoms with E-state index < -0.39 is 75.3 Å². The largest absolute Gasteiger partial charge is 0.428 e. The van der Waals surface area contributed by atoms with Crippen molar-refractivity contribution in [2.24, 2.45) is 5.73 Å². The van der Waals surface area contributed by atoms with Crippen LogP contribution in [0.25, 0.3) is 0 Å². The zero-order valence-electron chi connectivity index (χ0n) is 18.9. The molecule has 1 atom stereocenters. The van der Waals surface area contributed by atoms with Gasteiger partial charge in [-0.15, -0.1) is 0 Å². The summed E-state index contributed by atoms with van der Waals surface area (Å²) >= 11 is 0. The van der Waals surface area contributed by atoms with Gasteiger partial charge in [-0.3, -0.25) is 33.7 Å². The van der Waals surface area contributed by atoms with Gasteiger partial charge in [0.25, 0.3) is 0 Å². The van der Waals surface area contributed by atoms with E-state index >= 15 is 0 Å². The SMILES string of the molecule is CC(=O)OCOC(=O)CN(CC(=O)OCOC(C)=O)C(CCCCN)C(=O)OCOC(C)=O. The van der Waals surface area contributed by atoms with Crippen LogP contribution in [0.5, 0.6) is 0 Å². The molecule has 0 saturated carbocycles. The van der Waals surface area contributed by atoms with Gasteiger partial charge < -0.3 is 34.2 Å². The number of carbonyl (C=O) groups is 6. The Kier molecular flexibility index (Phi) is 15.6. The van der Waals surface area contributed by atoms with Crippen molar-refractivity contribution in [1.29, 1.82) is 0 Å². The number of ether oxygens (including phenoxy) is 6. The summed E-state index contributed by atoms with van der Waals surface area (Å²) in [4.78, 5) is 70.5. The Hall–Kier alpha value is -3.26. The molecule has 0 spiro atoms. The van der Waals surface area contributed by atoms with Crippen LogP contribution in [0.2, 0.25) is 0 Å². The average Bonchev–Trinajstić information content (AvgIpc) is 2.69. The second kappa shape index (κ2) is 17.3. The van der Waals surface area contributed by atoms with Crippen LogP contribution in [0.3, 0.4) is 0 Å². The number of esters is 6. The van der Waals surface area contributed by atoms with Crippen LogP contribution < -0.4 is 5.73 Å². The molecule has 0 aromatic rings. The van der Waals surface area contributed by atoms with E-state index in [9.17, 15) is 28.8 Å². The molecule has 0 aliphatic heterocycles. The molecule has 0 radical (unpaired) electrons. The molecule has 33 heavy (non-hydrogen) atoms. The lowest BCUT2D eigenvalue weighted by atomic mass is 10.1. The minimum absolute atomic E-state index is 0.130. The lowest BCUT2D eigenvalue weighted by Crippen LogP contribution is -2.48. The Bertz CT molecular complexity index is 648. The predicted octanol–water partition coefficient (Wildman–Crippen LogP) is -1.02. The molecule has 0 aliphatic carbocycles. The maximum Gasteiger partial charge on any atom is 0.326 e. The average molecular weight is 478 g/mol. The molecule has 0 aromatic carbocycles. The van der Waals surface area contributed by atoms with Crippen LogP contribution in [-0.2, 0) is 57.2 Å². The molecular formula is C19H30N2O12. The van der Waals surface area contributed by atoms with E-state index in [4.69, 9.17) is 19.9 Å². The first-order valence-electron chi connectivity index (χ1n) is 9.88. The highest BCUT2D eigenvalue weighted by atomic mass is 16.7. The molecule has 0 bridgehead atoms. The highest BCUT2D eigenvalue weighted by Crippen LogP contribution is 2.12. The molecular weight excluding hydrogens is 448 g/mol. The van der Waals surface area contributed by atoms with Crippen molar-refractivity contribution in [3.05, 3.63) is 0 Å². The summed E-state index contributed by atoms with van der Waals surface area (Å²) < 4.78 is 28.1. The number of unbranched alkanes of at least 4 members (excludes halogenated alkanes) is 1. The predicted molar refractivity (Wildman–Crippen MR) is 106 cm³/mol. The smallest absolute Gasteiger partial charge is 0.326 e. The Labute approximate surface area is 190 Å². The van der Waals surface area contributed by atoms with E-state index in [0.29, 0.717) is 19.4 Å². The molecule has 0 amide bonds. The van der Waals surface area contributed by atoms with Crippen molar-refractivity contribution in [1.82, 2.24) is 4.90 Å². The molecule has 0 saturated heterocycles. The number of carbonyl (C=O) groups excluding carboxylic acids is 6. The highest BCUT2D eigenvalue weighted by molar-refractivity contribution is 5.80. The summed E-state index contributed by atoms with van der Waals surface area (Å²) in [5, 5.41) is 0. The third kappa shape index (κ3) is 16.1. The fraction of sp³-hybridized carbons (Fsp3) is 0.684. The van der Waals surface area contributed by atoms with Gasteiger partial charge in [0.05, 0.1) is 13.1 Å². The first kappa shape index (κ1) is 29.7. The van der Waals surface area contributed by atoms with Gasteiger partial charge in [0, 0.05) is 20.8 Å². The normalized spacial score (nSPS) is 11.2. The number of nitrogens with two attached hydrogens (primary N) is 1. The minimum Gasteiger partial charge on any atom is -0.428 e. The van der Waals surface area contributed by atoms with E-state index in [-0.39, 0.29) is 6.42 Å². The van der Waals surface area contributed by atoms with E-state index in [0.717, 1.165) is 25.7 Å². The summed E-state index contributed by atoms with van der Waals surface area (Å²) in [6.45, 7) is 0.545. The molecule has 0 aliphatic rings. The van der Waals surface area contributed by atoms with Gasteiger partial charge in [0.2, 0.25) is 20.4 Å². The minimum atomic E-state index is -1.14. The third-order valence-corrected chi connectivity index (χ3v) is 3.74. The van der Waals surface area contributed by atoms with Crippen LogP contribution >= 0.6 is 0 Å². The summed E-state index contributed by atoms with van der Waals surface area (Å²) in [5.41, 5.74) is 5.48. The van der Waals surface area contributed by atoms with Crippen molar-refractivity contribution in [3.8, 4) is 0 Å². The lowest BCUT2D eigenvalue weighted by molar-refractivity contribution is -0.172. The molecule has 14 heteroatoms. The van der Waals surface area contributed by atoms with Gasteiger partial charge in [-0.2, -0.15) is 0 Å². The van der Waals surface area contributed by atoms with E-state index in [1.165, 1.54) is 0 Å². The van der Waals surface area contributed by atoms with Gasteiger partial charge in [-0.25, -0.2) is 0 Å². The molecule has 0 rings (SSSR count). The van der Waals surface area contributed by atoms with Crippen LogP contribution in [0.4, 0.5) is 0 Å². The monoisotopic (exact) mass is 478 g/mol. The Morgan fingerprint density at radius 1 is 0.667 bits per heavy atom. The second-order valence-corrected chi connectivity index (χ2v) is 6.46. The number of hydrogen-bond acceptors (Lipinski definition) is 14. The van der Waals surface area contributed by atoms with E-state index in [1.54, 1.807) is 0 Å². The van der Waals surface area contributed by atoms with Gasteiger partial charge in [-0.05, 0) is 19.4 Å². The first-order valence-corrected chi connectivity index (χ1v) is 9.88. The van der Waals surface area contributed by atoms with Crippen LogP contribution in [-0.4, -0.2) is 86.8 Å².